The molecule has 0 saturated heterocycles. The number of nitrogens with two attached hydrogens (primary N) is 1. The second-order valence-electron chi connectivity index (χ2n) is 5.87. The summed E-state index contributed by atoms with van der Waals surface area (Å²) in [5.74, 6) is 0.732. The van der Waals surface area contributed by atoms with Gasteiger partial charge in [-0.2, -0.15) is 0 Å². The lowest BCUT2D eigenvalue weighted by Gasteiger charge is -2.10. The maximum Gasteiger partial charge on any atom is 0.230 e. The summed E-state index contributed by atoms with van der Waals surface area (Å²) < 4.78 is 10.6. The zero-order valence-electron chi connectivity index (χ0n) is 14.0. The first-order valence-corrected chi connectivity index (χ1v) is 7.85. The van der Waals surface area contributed by atoms with Crippen molar-refractivity contribution in [3.63, 3.8) is 0 Å². The number of fused-ring (bicyclic) bond motifs is 1. The van der Waals surface area contributed by atoms with Crippen LogP contribution in [0.5, 0.6) is 0 Å². The maximum atomic E-state index is 5.93. The van der Waals surface area contributed by atoms with Crippen molar-refractivity contribution in [2.75, 3.05) is 32.5 Å². The van der Waals surface area contributed by atoms with Crippen LogP contribution in [-0.2, 0) is 18.0 Å². The standard InChI is InChI=1S/C16H22N6O2/c1-22(2)6-3-5-18-15(17)21-16-19-13-10-24-9-12(13)14(20-16)11-4-7-23-8-11/h4,7-8H,3,5-6,9-10H2,1-2H3,(H3,17,18,19,20,21). The largest absolute Gasteiger partial charge is 0.472 e. The Balaban J connectivity index is 1.74. The lowest BCUT2D eigenvalue weighted by Crippen LogP contribution is -2.25. The number of anilines is 1. The number of ether oxygens (including phenoxy) is 1. The average molecular weight is 330 g/mol. The van der Waals surface area contributed by atoms with E-state index in [9.17, 15) is 0 Å². The summed E-state index contributed by atoms with van der Waals surface area (Å²) in [6.45, 7) is 2.59. The Labute approximate surface area is 140 Å². The first-order chi connectivity index (χ1) is 11.6. The van der Waals surface area contributed by atoms with Crippen LogP contribution >= 0.6 is 0 Å². The van der Waals surface area contributed by atoms with Crippen molar-refractivity contribution < 1.29 is 9.15 Å². The van der Waals surface area contributed by atoms with Crippen molar-refractivity contribution in [2.45, 2.75) is 19.6 Å². The Kier molecular flexibility index (Phi) is 5.07. The summed E-state index contributed by atoms with van der Waals surface area (Å²) >= 11 is 0. The van der Waals surface area contributed by atoms with Gasteiger partial charge in [-0.1, -0.05) is 0 Å². The topological polar surface area (TPSA) is 102 Å². The normalized spacial score (nSPS) is 14.2. The molecule has 0 aliphatic carbocycles. The van der Waals surface area contributed by atoms with Gasteiger partial charge in [0.25, 0.3) is 0 Å². The SMILES string of the molecule is CN(C)CCCN=C(N)Nc1nc2c(c(-c3ccoc3)n1)COC2. The summed E-state index contributed by atoms with van der Waals surface area (Å²) in [6, 6.07) is 1.86. The average Bonchev–Trinajstić information content (AvgIpc) is 3.21. The number of hydrogen-bond acceptors (Lipinski definition) is 6. The molecule has 0 atom stereocenters. The molecule has 3 N–H and O–H groups in total. The van der Waals surface area contributed by atoms with Gasteiger partial charge in [0.2, 0.25) is 5.95 Å². The third kappa shape index (κ3) is 3.90. The molecule has 2 aromatic heterocycles. The smallest absolute Gasteiger partial charge is 0.230 e. The maximum absolute atomic E-state index is 5.93. The van der Waals surface area contributed by atoms with Crippen molar-refractivity contribution in [3.8, 4) is 11.3 Å². The van der Waals surface area contributed by atoms with Crippen LogP contribution in [-0.4, -0.2) is 48.0 Å². The number of aliphatic imine (C=N–C) groups is 1. The van der Waals surface area contributed by atoms with Crippen LogP contribution in [0.15, 0.2) is 28.0 Å². The summed E-state index contributed by atoms with van der Waals surface area (Å²) in [6.07, 6.45) is 4.21. The number of nitrogens with one attached hydrogen (secondary N) is 1. The van der Waals surface area contributed by atoms with Crippen molar-refractivity contribution in [1.82, 2.24) is 14.9 Å². The molecule has 0 unspecified atom stereocenters. The van der Waals surface area contributed by atoms with Gasteiger partial charge in [-0.3, -0.25) is 10.3 Å². The molecule has 0 spiro atoms. The highest BCUT2D eigenvalue weighted by Crippen LogP contribution is 2.30. The quantitative estimate of drug-likeness (QED) is 0.469. The molecule has 8 heteroatoms. The molecule has 3 heterocycles. The van der Waals surface area contributed by atoms with E-state index in [1.54, 1.807) is 12.5 Å². The zero-order chi connectivity index (χ0) is 16.9. The van der Waals surface area contributed by atoms with Crippen LogP contribution in [0.1, 0.15) is 17.7 Å². The van der Waals surface area contributed by atoms with E-state index in [1.807, 2.05) is 20.2 Å². The Morgan fingerprint density at radius 1 is 1.38 bits per heavy atom. The van der Waals surface area contributed by atoms with Crippen LogP contribution in [0.25, 0.3) is 11.3 Å². The summed E-state index contributed by atoms with van der Waals surface area (Å²) in [4.78, 5) is 15.4. The van der Waals surface area contributed by atoms with Gasteiger partial charge < -0.3 is 19.8 Å². The molecule has 24 heavy (non-hydrogen) atoms. The van der Waals surface area contributed by atoms with E-state index in [4.69, 9.17) is 14.9 Å². The van der Waals surface area contributed by atoms with Crippen molar-refractivity contribution >= 4 is 11.9 Å². The van der Waals surface area contributed by atoms with Crippen LogP contribution in [0.4, 0.5) is 5.95 Å². The number of furan rings is 1. The Hall–Kier alpha value is -2.45. The molecule has 0 radical (unpaired) electrons. The minimum absolute atomic E-state index is 0.311. The van der Waals surface area contributed by atoms with E-state index in [-0.39, 0.29) is 0 Å². The van der Waals surface area contributed by atoms with Gasteiger partial charge >= 0.3 is 0 Å². The predicted octanol–water partition coefficient (Wildman–Crippen LogP) is 1.45. The molecule has 1 aliphatic rings. The van der Waals surface area contributed by atoms with Crippen LogP contribution in [0, 0.1) is 0 Å². The zero-order valence-corrected chi connectivity index (χ0v) is 14.0. The second-order valence-corrected chi connectivity index (χ2v) is 5.87. The van der Waals surface area contributed by atoms with Gasteiger partial charge in [0.05, 0.1) is 37.1 Å². The number of nitrogens with zero attached hydrogens (tertiary/aromatic N) is 4. The molecule has 0 bridgehead atoms. The van der Waals surface area contributed by atoms with Crippen LogP contribution in [0.2, 0.25) is 0 Å². The van der Waals surface area contributed by atoms with E-state index < -0.39 is 0 Å². The monoisotopic (exact) mass is 330 g/mol. The third-order valence-corrected chi connectivity index (χ3v) is 3.66. The Morgan fingerprint density at radius 3 is 3.00 bits per heavy atom. The number of guanidine groups is 1. The number of hydrogen-bond donors (Lipinski definition) is 2. The highest BCUT2D eigenvalue weighted by atomic mass is 16.5. The molecule has 0 saturated carbocycles. The second kappa shape index (κ2) is 7.41. The molecule has 1 aliphatic heterocycles. The summed E-state index contributed by atoms with van der Waals surface area (Å²) in [7, 11) is 4.06. The minimum atomic E-state index is 0.311. The van der Waals surface area contributed by atoms with E-state index in [0.29, 0.717) is 31.7 Å². The van der Waals surface area contributed by atoms with Crippen LogP contribution in [0.3, 0.4) is 0 Å². The highest BCUT2D eigenvalue weighted by molar-refractivity contribution is 5.90. The molecule has 2 aromatic rings. The summed E-state index contributed by atoms with van der Waals surface area (Å²) in [5.41, 5.74) is 9.48. The Morgan fingerprint density at radius 2 is 2.25 bits per heavy atom. The van der Waals surface area contributed by atoms with Crippen molar-refractivity contribution in [2.24, 2.45) is 10.7 Å². The molecule has 0 aromatic carbocycles. The number of aromatic nitrogens is 2. The first-order valence-electron chi connectivity index (χ1n) is 7.85. The van der Waals surface area contributed by atoms with E-state index >= 15 is 0 Å². The van der Waals surface area contributed by atoms with Gasteiger partial charge in [-0.25, -0.2) is 9.97 Å². The molecule has 128 valence electrons. The van der Waals surface area contributed by atoms with Gasteiger partial charge in [0, 0.05) is 17.7 Å². The fraction of sp³-hybridized carbons (Fsp3) is 0.438. The minimum Gasteiger partial charge on any atom is -0.472 e. The van der Waals surface area contributed by atoms with Crippen LogP contribution < -0.4 is 11.1 Å². The van der Waals surface area contributed by atoms with Crippen molar-refractivity contribution in [3.05, 3.63) is 29.9 Å². The molecule has 3 rings (SSSR count). The van der Waals surface area contributed by atoms with Gasteiger partial charge in [0.15, 0.2) is 5.96 Å². The molecular weight excluding hydrogens is 308 g/mol. The molecular formula is C16H22N6O2. The van der Waals surface area contributed by atoms with Gasteiger partial charge in [-0.15, -0.1) is 0 Å². The lowest BCUT2D eigenvalue weighted by molar-refractivity contribution is 0.133. The molecule has 8 nitrogen and oxygen atoms in total. The van der Waals surface area contributed by atoms with E-state index in [2.05, 4.69) is 25.2 Å². The van der Waals surface area contributed by atoms with Crippen molar-refractivity contribution in [1.29, 1.82) is 0 Å². The lowest BCUT2D eigenvalue weighted by atomic mass is 10.1. The molecule has 0 amide bonds. The van der Waals surface area contributed by atoms with Gasteiger partial charge in [-0.05, 0) is 33.1 Å². The first kappa shape index (κ1) is 16.4. The fourth-order valence-corrected chi connectivity index (χ4v) is 2.49. The van der Waals surface area contributed by atoms with E-state index in [0.717, 1.165) is 35.5 Å². The summed E-state index contributed by atoms with van der Waals surface area (Å²) in [5, 5.41) is 2.97. The highest BCUT2D eigenvalue weighted by Gasteiger charge is 2.21. The van der Waals surface area contributed by atoms with E-state index in [1.165, 1.54) is 0 Å². The Bertz CT molecular complexity index is 712. The fourth-order valence-electron chi connectivity index (χ4n) is 2.49. The van der Waals surface area contributed by atoms with Gasteiger partial charge in [0.1, 0.15) is 0 Å². The molecule has 0 fully saturated rings. The third-order valence-electron chi connectivity index (χ3n) is 3.66. The predicted molar refractivity (Wildman–Crippen MR) is 91.5 cm³/mol. The number of rotatable bonds is 6.